The molecule has 0 aromatic heterocycles. The first-order valence-electron chi connectivity index (χ1n) is 5.15. The molecule has 1 atom stereocenters. The average Bonchev–Trinajstić information content (AvgIpc) is 2.14. The quantitative estimate of drug-likeness (QED) is 0.605. The Bertz CT molecular complexity index is 298. The van der Waals surface area contributed by atoms with Crippen LogP contribution in [0.2, 0.25) is 0 Å². The predicted molar refractivity (Wildman–Crippen MR) is 61.6 cm³/mol. The predicted octanol–water partition coefficient (Wildman–Crippen LogP) is -1.26. The van der Waals surface area contributed by atoms with Gasteiger partial charge in [0.15, 0.2) is 5.54 Å². The molecule has 0 aliphatic carbocycles. The number of hydrogen-bond acceptors (Lipinski definition) is 0. The molecule has 0 aliphatic heterocycles. The van der Waals surface area contributed by atoms with E-state index >= 15 is 0 Å². The molecule has 0 heterocycles. The Morgan fingerprint density at radius 1 is 1.13 bits per heavy atom. The highest BCUT2D eigenvalue weighted by Gasteiger charge is 2.13. The molecule has 15 heavy (non-hydrogen) atoms. The lowest BCUT2D eigenvalue weighted by atomic mass is 10.0. The topological polar surface area (TPSA) is 14.0 Å². The van der Waals surface area contributed by atoms with E-state index in [1.54, 1.807) is 0 Å². The van der Waals surface area contributed by atoms with Gasteiger partial charge >= 0.3 is 0 Å². The van der Waals surface area contributed by atoms with E-state index in [2.05, 4.69) is 63.2 Å². The molecule has 0 radical (unpaired) electrons. The van der Waals surface area contributed by atoms with Gasteiger partial charge in [0.25, 0.3) is 0 Å². The summed E-state index contributed by atoms with van der Waals surface area (Å²) in [6, 6.07) is 10.5. The standard InChI is InChI=1S/C13H19N.ClH/c1-11(10-14-13(2,3)4)12-8-6-5-7-9-12;/h5-11H,1-4H3;1H. The average molecular weight is 226 g/mol. The smallest absolute Gasteiger partial charge is 0.151 e. The van der Waals surface area contributed by atoms with Crippen molar-refractivity contribution in [3.63, 3.8) is 0 Å². The number of halogens is 1. The zero-order valence-electron chi connectivity index (χ0n) is 9.92. The summed E-state index contributed by atoms with van der Waals surface area (Å²) in [6.07, 6.45) is 2.16. The van der Waals surface area contributed by atoms with Crippen LogP contribution in [-0.4, -0.2) is 11.8 Å². The molecule has 1 nitrogen and oxygen atoms in total. The van der Waals surface area contributed by atoms with E-state index in [4.69, 9.17) is 0 Å². The summed E-state index contributed by atoms with van der Waals surface area (Å²) in [7, 11) is 0. The third-order valence-electron chi connectivity index (χ3n) is 2.09. The summed E-state index contributed by atoms with van der Waals surface area (Å²) in [5, 5.41) is 0. The third kappa shape index (κ3) is 5.58. The Morgan fingerprint density at radius 3 is 2.13 bits per heavy atom. The van der Waals surface area contributed by atoms with Crippen molar-refractivity contribution in [3.8, 4) is 0 Å². The monoisotopic (exact) mass is 225 g/mol. The van der Waals surface area contributed by atoms with E-state index in [0.29, 0.717) is 5.92 Å². The number of nitrogens with one attached hydrogen (secondary N) is 1. The first-order chi connectivity index (χ1) is 6.49. The molecule has 1 N–H and O–H groups in total. The van der Waals surface area contributed by atoms with Gasteiger partial charge < -0.3 is 12.4 Å². The lowest BCUT2D eigenvalue weighted by Crippen LogP contribution is -3.00. The molecule has 0 saturated heterocycles. The maximum absolute atomic E-state index is 3.40. The van der Waals surface area contributed by atoms with Crippen LogP contribution in [0.25, 0.3) is 0 Å². The first-order valence-corrected chi connectivity index (χ1v) is 5.15. The molecule has 1 aromatic carbocycles. The van der Waals surface area contributed by atoms with Gasteiger partial charge in [-0.25, -0.2) is 4.99 Å². The Labute approximate surface area is 99.0 Å². The second-order valence-electron chi connectivity index (χ2n) is 4.76. The van der Waals surface area contributed by atoms with Gasteiger partial charge in [0, 0.05) is 0 Å². The Hall–Kier alpha value is -0.820. The van der Waals surface area contributed by atoms with Crippen LogP contribution in [0.1, 0.15) is 39.2 Å². The zero-order valence-corrected chi connectivity index (χ0v) is 10.7. The van der Waals surface area contributed by atoms with Crippen molar-refractivity contribution in [1.82, 2.24) is 0 Å². The second-order valence-corrected chi connectivity index (χ2v) is 4.76. The van der Waals surface area contributed by atoms with Crippen LogP contribution >= 0.6 is 0 Å². The van der Waals surface area contributed by atoms with E-state index in [0.717, 1.165) is 0 Å². The highest BCUT2D eigenvalue weighted by atomic mass is 35.5. The summed E-state index contributed by atoms with van der Waals surface area (Å²) < 4.78 is 0. The van der Waals surface area contributed by atoms with Crippen LogP contribution in [0.4, 0.5) is 0 Å². The minimum atomic E-state index is 0. The van der Waals surface area contributed by atoms with Gasteiger partial charge in [0.1, 0.15) is 6.21 Å². The van der Waals surface area contributed by atoms with E-state index in [1.807, 2.05) is 6.07 Å². The second kappa shape index (κ2) is 5.92. The molecule has 0 aliphatic rings. The van der Waals surface area contributed by atoms with Crippen LogP contribution in [0, 0.1) is 0 Å². The van der Waals surface area contributed by atoms with Gasteiger partial charge in [-0.05, 0) is 33.3 Å². The minimum absolute atomic E-state index is 0. The van der Waals surface area contributed by atoms with Crippen molar-refractivity contribution >= 4 is 6.21 Å². The van der Waals surface area contributed by atoms with Crippen molar-refractivity contribution < 1.29 is 17.4 Å². The maximum atomic E-state index is 3.40. The molecule has 84 valence electrons. The van der Waals surface area contributed by atoms with Crippen molar-refractivity contribution in [2.24, 2.45) is 0 Å². The lowest BCUT2D eigenvalue weighted by molar-refractivity contribution is -0.535. The van der Waals surface area contributed by atoms with Gasteiger partial charge in [-0.15, -0.1) is 0 Å². The molecule has 0 saturated carbocycles. The van der Waals surface area contributed by atoms with Gasteiger partial charge in [-0.1, -0.05) is 30.3 Å². The van der Waals surface area contributed by atoms with Crippen molar-refractivity contribution in [2.45, 2.75) is 39.2 Å². The highest BCUT2D eigenvalue weighted by Crippen LogP contribution is 2.10. The first kappa shape index (κ1) is 14.2. The van der Waals surface area contributed by atoms with Crippen molar-refractivity contribution in [3.05, 3.63) is 35.9 Å². The van der Waals surface area contributed by atoms with Crippen LogP contribution in [0.15, 0.2) is 30.3 Å². The molecule has 2 heteroatoms. The minimum Gasteiger partial charge on any atom is -1.00 e. The highest BCUT2D eigenvalue weighted by molar-refractivity contribution is 5.61. The van der Waals surface area contributed by atoms with Crippen LogP contribution in [0.5, 0.6) is 0 Å². The summed E-state index contributed by atoms with van der Waals surface area (Å²) in [4.78, 5) is 3.40. The van der Waals surface area contributed by atoms with Gasteiger partial charge in [0.05, 0.1) is 5.92 Å². The number of hydrogen-bond donors (Lipinski definition) is 1. The van der Waals surface area contributed by atoms with Crippen molar-refractivity contribution in [2.75, 3.05) is 0 Å². The Balaban J connectivity index is 0.00000196. The normalized spacial score (nSPS) is 13.6. The van der Waals surface area contributed by atoms with Crippen molar-refractivity contribution in [1.29, 1.82) is 0 Å². The summed E-state index contributed by atoms with van der Waals surface area (Å²) in [6.45, 7) is 8.71. The maximum Gasteiger partial charge on any atom is 0.151 e. The molecular formula is C13H20ClN. The lowest BCUT2D eigenvalue weighted by Gasteiger charge is -2.07. The van der Waals surface area contributed by atoms with E-state index in [1.165, 1.54) is 5.56 Å². The molecule has 1 unspecified atom stereocenters. The van der Waals surface area contributed by atoms with Gasteiger partial charge in [-0.2, -0.15) is 0 Å². The zero-order chi connectivity index (χ0) is 10.6. The Kier molecular flexibility index (Phi) is 5.59. The third-order valence-corrected chi connectivity index (χ3v) is 2.09. The van der Waals surface area contributed by atoms with Crippen LogP contribution in [0.3, 0.4) is 0 Å². The molecule has 1 rings (SSSR count). The fourth-order valence-electron chi connectivity index (χ4n) is 1.23. The van der Waals surface area contributed by atoms with Crippen LogP contribution < -0.4 is 17.4 Å². The molecule has 1 aromatic rings. The number of rotatable bonds is 2. The van der Waals surface area contributed by atoms with Crippen LogP contribution in [-0.2, 0) is 0 Å². The fourth-order valence-corrected chi connectivity index (χ4v) is 1.23. The molecular weight excluding hydrogens is 206 g/mol. The van der Waals surface area contributed by atoms with Gasteiger partial charge in [-0.3, -0.25) is 0 Å². The fraction of sp³-hybridized carbons (Fsp3) is 0.462. The van der Waals surface area contributed by atoms with E-state index < -0.39 is 0 Å². The summed E-state index contributed by atoms with van der Waals surface area (Å²) in [5.41, 5.74) is 1.51. The van der Waals surface area contributed by atoms with E-state index in [9.17, 15) is 0 Å². The Morgan fingerprint density at radius 2 is 1.67 bits per heavy atom. The van der Waals surface area contributed by atoms with Gasteiger partial charge in [0.2, 0.25) is 0 Å². The molecule has 0 bridgehead atoms. The summed E-state index contributed by atoms with van der Waals surface area (Å²) in [5.74, 6) is 0.454. The molecule has 0 fully saturated rings. The largest absolute Gasteiger partial charge is 1.00 e. The molecule has 0 spiro atoms. The molecule has 0 amide bonds. The SMILES string of the molecule is CC(C=[NH+]C(C)(C)C)c1ccccc1.[Cl-]. The number of benzene rings is 1. The van der Waals surface area contributed by atoms with E-state index in [-0.39, 0.29) is 17.9 Å². The summed E-state index contributed by atoms with van der Waals surface area (Å²) >= 11 is 0.